The maximum Gasteiger partial charge on any atom is 0.320 e. The molecular weight excluding hydrogens is 216 g/mol. The van der Waals surface area contributed by atoms with Gasteiger partial charge >= 0.3 is 6.03 Å². The van der Waals surface area contributed by atoms with Crippen molar-refractivity contribution in [3.8, 4) is 0 Å². The Morgan fingerprint density at radius 3 is 2.88 bits per heavy atom. The molecule has 1 aromatic rings. The molecule has 94 valence electrons. The number of aromatic nitrogens is 2. The van der Waals surface area contributed by atoms with E-state index in [1.165, 1.54) is 19.3 Å². The molecule has 0 saturated heterocycles. The molecule has 0 unspecified atom stereocenters. The number of aromatic amines is 1. The molecule has 1 saturated carbocycles. The lowest BCUT2D eigenvalue weighted by Gasteiger charge is -2.22. The van der Waals surface area contributed by atoms with Crippen LogP contribution in [0.4, 0.5) is 10.6 Å². The van der Waals surface area contributed by atoms with Crippen molar-refractivity contribution in [1.82, 2.24) is 15.5 Å². The number of nitrogens with zero attached hydrogens (tertiary/aromatic N) is 1. The summed E-state index contributed by atoms with van der Waals surface area (Å²) in [6.45, 7) is 2.04. The first-order valence-electron chi connectivity index (χ1n) is 6.39. The van der Waals surface area contributed by atoms with Gasteiger partial charge in [-0.25, -0.2) is 4.79 Å². The fraction of sp³-hybridized carbons (Fsp3) is 0.667. The van der Waals surface area contributed by atoms with Crippen molar-refractivity contribution in [2.24, 2.45) is 0 Å². The molecule has 1 aromatic heterocycles. The van der Waals surface area contributed by atoms with Crippen molar-refractivity contribution < 1.29 is 4.79 Å². The second-order valence-electron chi connectivity index (χ2n) is 4.57. The first-order valence-corrected chi connectivity index (χ1v) is 6.39. The van der Waals surface area contributed by atoms with E-state index < -0.39 is 0 Å². The lowest BCUT2D eigenvalue weighted by molar-refractivity contribution is 0.244. The molecule has 17 heavy (non-hydrogen) atoms. The number of urea groups is 1. The van der Waals surface area contributed by atoms with E-state index >= 15 is 0 Å². The quantitative estimate of drug-likeness (QED) is 0.754. The van der Waals surface area contributed by atoms with Crippen LogP contribution in [0.5, 0.6) is 0 Å². The SMILES string of the molecule is CCc1cc(NC(=O)NC2CCCCC2)n[nH]1. The Labute approximate surface area is 101 Å². The summed E-state index contributed by atoms with van der Waals surface area (Å²) in [7, 11) is 0. The zero-order valence-electron chi connectivity index (χ0n) is 10.3. The molecule has 0 spiro atoms. The predicted molar refractivity (Wildman–Crippen MR) is 67.0 cm³/mol. The molecule has 2 rings (SSSR count). The predicted octanol–water partition coefficient (Wildman–Crippen LogP) is 2.43. The summed E-state index contributed by atoms with van der Waals surface area (Å²) in [5.74, 6) is 0.593. The molecule has 5 heteroatoms. The van der Waals surface area contributed by atoms with E-state index in [9.17, 15) is 4.79 Å². The zero-order valence-corrected chi connectivity index (χ0v) is 10.3. The van der Waals surface area contributed by atoms with Crippen LogP contribution in [0, 0.1) is 0 Å². The van der Waals surface area contributed by atoms with Gasteiger partial charge in [0.15, 0.2) is 5.82 Å². The lowest BCUT2D eigenvalue weighted by atomic mass is 9.96. The summed E-state index contributed by atoms with van der Waals surface area (Å²) in [5.41, 5.74) is 1.03. The Morgan fingerprint density at radius 2 is 2.24 bits per heavy atom. The minimum atomic E-state index is -0.147. The van der Waals surface area contributed by atoms with E-state index in [4.69, 9.17) is 0 Å². The molecule has 3 N–H and O–H groups in total. The highest BCUT2D eigenvalue weighted by Gasteiger charge is 2.15. The van der Waals surface area contributed by atoms with Gasteiger partial charge in [-0.05, 0) is 19.3 Å². The van der Waals surface area contributed by atoms with Gasteiger partial charge in [0.1, 0.15) is 0 Å². The van der Waals surface area contributed by atoms with Crippen LogP contribution in [-0.2, 0) is 6.42 Å². The molecular formula is C12H20N4O. The van der Waals surface area contributed by atoms with Crippen LogP contribution in [0.1, 0.15) is 44.7 Å². The van der Waals surface area contributed by atoms with Crippen molar-refractivity contribution in [1.29, 1.82) is 0 Å². The van der Waals surface area contributed by atoms with Gasteiger partial charge < -0.3 is 5.32 Å². The maximum absolute atomic E-state index is 11.7. The number of carbonyl (C=O) groups excluding carboxylic acids is 1. The number of nitrogens with one attached hydrogen (secondary N) is 3. The van der Waals surface area contributed by atoms with E-state index in [1.54, 1.807) is 0 Å². The van der Waals surface area contributed by atoms with Crippen LogP contribution < -0.4 is 10.6 Å². The summed E-state index contributed by atoms with van der Waals surface area (Å²) in [6, 6.07) is 2.04. The smallest absolute Gasteiger partial charge is 0.320 e. The average molecular weight is 236 g/mol. The van der Waals surface area contributed by atoms with Crippen LogP contribution >= 0.6 is 0 Å². The van der Waals surface area contributed by atoms with E-state index in [2.05, 4.69) is 20.8 Å². The summed E-state index contributed by atoms with van der Waals surface area (Å²) < 4.78 is 0. The fourth-order valence-corrected chi connectivity index (χ4v) is 2.19. The highest BCUT2D eigenvalue weighted by Crippen LogP contribution is 2.17. The topological polar surface area (TPSA) is 69.8 Å². The molecule has 0 radical (unpaired) electrons. The number of anilines is 1. The van der Waals surface area contributed by atoms with Crippen molar-refractivity contribution >= 4 is 11.8 Å². The second-order valence-corrected chi connectivity index (χ2v) is 4.57. The summed E-state index contributed by atoms with van der Waals surface area (Å²) in [5, 5.41) is 12.6. The van der Waals surface area contributed by atoms with Crippen molar-refractivity contribution in [3.05, 3.63) is 11.8 Å². The van der Waals surface area contributed by atoms with Gasteiger partial charge in [-0.3, -0.25) is 10.4 Å². The third-order valence-electron chi connectivity index (χ3n) is 3.19. The molecule has 0 bridgehead atoms. The van der Waals surface area contributed by atoms with Crippen molar-refractivity contribution in [3.63, 3.8) is 0 Å². The molecule has 1 aliphatic carbocycles. The highest BCUT2D eigenvalue weighted by atomic mass is 16.2. The molecule has 0 aromatic carbocycles. The summed E-state index contributed by atoms with van der Waals surface area (Å²) in [6.07, 6.45) is 6.79. The lowest BCUT2D eigenvalue weighted by Crippen LogP contribution is -2.39. The number of aryl methyl sites for hydroxylation is 1. The van der Waals surface area contributed by atoms with Crippen LogP contribution in [0.25, 0.3) is 0 Å². The molecule has 1 aliphatic rings. The largest absolute Gasteiger partial charge is 0.335 e. The highest BCUT2D eigenvalue weighted by molar-refractivity contribution is 5.88. The van der Waals surface area contributed by atoms with Crippen LogP contribution in [-0.4, -0.2) is 22.3 Å². The molecule has 1 heterocycles. The van der Waals surface area contributed by atoms with E-state index in [0.717, 1.165) is 25.0 Å². The van der Waals surface area contributed by atoms with E-state index in [-0.39, 0.29) is 6.03 Å². The number of carbonyl (C=O) groups is 1. The Bertz CT molecular complexity index is 368. The van der Waals surface area contributed by atoms with Gasteiger partial charge in [0.25, 0.3) is 0 Å². The molecule has 1 fully saturated rings. The van der Waals surface area contributed by atoms with Crippen LogP contribution in [0.2, 0.25) is 0 Å². The molecule has 5 nitrogen and oxygen atoms in total. The monoisotopic (exact) mass is 236 g/mol. The fourth-order valence-electron chi connectivity index (χ4n) is 2.19. The van der Waals surface area contributed by atoms with Gasteiger partial charge in [0.05, 0.1) is 0 Å². The van der Waals surface area contributed by atoms with Crippen LogP contribution in [0.3, 0.4) is 0 Å². The molecule has 2 amide bonds. The Morgan fingerprint density at radius 1 is 1.47 bits per heavy atom. The maximum atomic E-state index is 11.7. The Kier molecular flexibility index (Phi) is 4.01. The first-order chi connectivity index (χ1) is 8.28. The summed E-state index contributed by atoms with van der Waals surface area (Å²) in [4.78, 5) is 11.7. The Balaban J connectivity index is 1.79. The number of rotatable bonds is 3. The van der Waals surface area contributed by atoms with Gasteiger partial charge in [-0.2, -0.15) is 5.10 Å². The second kappa shape index (κ2) is 5.70. The summed E-state index contributed by atoms with van der Waals surface area (Å²) >= 11 is 0. The van der Waals surface area contributed by atoms with E-state index in [1.807, 2.05) is 13.0 Å². The standard InChI is InChI=1S/C12H20N4O/c1-2-9-8-11(16-15-9)14-12(17)13-10-6-4-3-5-7-10/h8,10H,2-7H2,1H3,(H3,13,14,15,16,17). The Hall–Kier alpha value is -1.52. The van der Waals surface area contributed by atoms with Gasteiger partial charge in [0.2, 0.25) is 0 Å². The van der Waals surface area contributed by atoms with Gasteiger partial charge in [-0.15, -0.1) is 0 Å². The third kappa shape index (κ3) is 3.47. The number of H-pyrrole nitrogens is 1. The number of hydrogen-bond donors (Lipinski definition) is 3. The number of amides is 2. The van der Waals surface area contributed by atoms with Crippen LogP contribution in [0.15, 0.2) is 6.07 Å². The van der Waals surface area contributed by atoms with Gasteiger partial charge in [0, 0.05) is 17.8 Å². The molecule has 0 aliphatic heterocycles. The molecule has 0 atom stereocenters. The van der Waals surface area contributed by atoms with Crippen molar-refractivity contribution in [2.45, 2.75) is 51.5 Å². The first kappa shape index (κ1) is 12.0. The zero-order chi connectivity index (χ0) is 12.1. The van der Waals surface area contributed by atoms with Gasteiger partial charge in [-0.1, -0.05) is 26.2 Å². The minimum absolute atomic E-state index is 0.147. The van der Waals surface area contributed by atoms with E-state index in [0.29, 0.717) is 11.9 Å². The normalized spacial score (nSPS) is 16.8. The third-order valence-corrected chi connectivity index (χ3v) is 3.19. The van der Waals surface area contributed by atoms with Crippen molar-refractivity contribution in [2.75, 3.05) is 5.32 Å². The minimum Gasteiger partial charge on any atom is -0.335 e. The number of hydrogen-bond acceptors (Lipinski definition) is 2. The average Bonchev–Trinajstić information content (AvgIpc) is 2.78.